The summed E-state index contributed by atoms with van der Waals surface area (Å²) >= 11 is 1.36. The molecule has 0 aliphatic rings. The number of nitrogens with zero attached hydrogens (tertiary/aromatic N) is 1. The number of amides is 1. The number of methoxy groups -OCH3 is 1. The number of rotatable bonds is 7. The molecule has 144 valence electrons. The second-order valence-electron chi connectivity index (χ2n) is 6.05. The van der Waals surface area contributed by atoms with Gasteiger partial charge in [-0.25, -0.2) is 9.78 Å². The summed E-state index contributed by atoms with van der Waals surface area (Å²) in [6.45, 7) is 1.97. The number of benzene rings is 2. The Labute approximate surface area is 167 Å². The molecule has 0 atom stereocenters. The SMILES string of the molecule is COc1ccccc1C(=O)OCc1csc(CC(=O)Nc2ccccc2C)n1. The second kappa shape index (κ2) is 9.14. The summed E-state index contributed by atoms with van der Waals surface area (Å²) in [4.78, 5) is 28.8. The van der Waals surface area contributed by atoms with Gasteiger partial charge in [-0.1, -0.05) is 30.3 Å². The normalized spacial score (nSPS) is 10.4. The minimum absolute atomic E-state index is 0.0345. The Kier molecular flexibility index (Phi) is 6.39. The standard InChI is InChI=1S/C21H20N2O4S/c1-14-7-3-5-9-17(14)23-19(24)11-20-22-15(13-28-20)12-27-21(25)16-8-4-6-10-18(16)26-2/h3-10,13H,11-12H2,1-2H3,(H,23,24). The summed E-state index contributed by atoms with van der Waals surface area (Å²) in [5.74, 6) is -0.162. The van der Waals surface area contributed by atoms with Crippen LogP contribution in [-0.2, 0) is 22.6 Å². The van der Waals surface area contributed by atoms with Crippen molar-refractivity contribution in [3.8, 4) is 5.75 Å². The molecule has 0 saturated heterocycles. The lowest BCUT2D eigenvalue weighted by molar-refractivity contribution is -0.115. The highest BCUT2D eigenvalue weighted by Gasteiger charge is 2.14. The maximum atomic E-state index is 12.2. The molecule has 0 aliphatic heterocycles. The van der Waals surface area contributed by atoms with Crippen molar-refractivity contribution in [2.24, 2.45) is 0 Å². The first kappa shape index (κ1) is 19.6. The van der Waals surface area contributed by atoms with Gasteiger partial charge in [-0.05, 0) is 30.7 Å². The van der Waals surface area contributed by atoms with E-state index in [4.69, 9.17) is 9.47 Å². The minimum Gasteiger partial charge on any atom is -0.496 e. The summed E-state index contributed by atoms with van der Waals surface area (Å²) in [7, 11) is 1.50. The number of hydrogen-bond donors (Lipinski definition) is 1. The van der Waals surface area contributed by atoms with Crippen LogP contribution in [0.2, 0.25) is 0 Å². The molecule has 3 rings (SSSR count). The number of carbonyl (C=O) groups excluding carboxylic acids is 2. The van der Waals surface area contributed by atoms with E-state index in [1.165, 1.54) is 18.4 Å². The number of aryl methyl sites for hydroxylation is 1. The number of hydrogen-bond acceptors (Lipinski definition) is 6. The molecule has 0 unspecified atom stereocenters. The van der Waals surface area contributed by atoms with Gasteiger partial charge in [0.05, 0.1) is 19.2 Å². The van der Waals surface area contributed by atoms with E-state index >= 15 is 0 Å². The molecule has 6 nitrogen and oxygen atoms in total. The van der Waals surface area contributed by atoms with Crippen molar-refractivity contribution < 1.29 is 19.1 Å². The van der Waals surface area contributed by atoms with Crippen molar-refractivity contribution in [1.82, 2.24) is 4.98 Å². The lowest BCUT2D eigenvalue weighted by Gasteiger charge is -2.07. The van der Waals surface area contributed by atoms with Crippen molar-refractivity contribution in [2.75, 3.05) is 12.4 Å². The molecular weight excluding hydrogens is 376 g/mol. The van der Waals surface area contributed by atoms with Crippen molar-refractivity contribution in [2.45, 2.75) is 20.0 Å². The van der Waals surface area contributed by atoms with E-state index in [0.717, 1.165) is 11.3 Å². The summed E-state index contributed by atoms with van der Waals surface area (Å²) in [6, 6.07) is 14.5. The van der Waals surface area contributed by atoms with Crippen LogP contribution < -0.4 is 10.1 Å². The average Bonchev–Trinajstić information content (AvgIpc) is 3.15. The van der Waals surface area contributed by atoms with Crippen LogP contribution in [-0.4, -0.2) is 24.0 Å². The number of carbonyl (C=O) groups is 2. The third kappa shape index (κ3) is 4.95. The highest BCUT2D eigenvalue weighted by molar-refractivity contribution is 7.09. The van der Waals surface area contributed by atoms with E-state index in [1.54, 1.807) is 29.6 Å². The predicted octanol–water partition coefficient (Wildman–Crippen LogP) is 4.00. The second-order valence-corrected chi connectivity index (χ2v) is 6.99. The van der Waals surface area contributed by atoms with Gasteiger partial charge in [-0.2, -0.15) is 0 Å². The van der Waals surface area contributed by atoms with Gasteiger partial charge in [0, 0.05) is 11.1 Å². The molecule has 0 radical (unpaired) electrons. The van der Waals surface area contributed by atoms with Gasteiger partial charge in [0.15, 0.2) is 0 Å². The van der Waals surface area contributed by atoms with Gasteiger partial charge in [0.1, 0.15) is 22.9 Å². The Morgan fingerprint density at radius 1 is 1.11 bits per heavy atom. The Bertz CT molecular complexity index is 984. The molecular formula is C21H20N2O4S. The first-order chi connectivity index (χ1) is 13.6. The fourth-order valence-electron chi connectivity index (χ4n) is 2.57. The monoisotopic (exact) mass is 396 g/mol. The number of aromatic nitrogens is 1. The molecule has 0 aliphatic carbocycles. The molecule has 0 saturated carbocycles. The molecule has 7 heteroatoms. The molecule has 3 aromatic rings. The highest BCUT2D eigenvalue weighted by Crippen LogP contribution is 2.20. The predicted molar refractivity (Wildman–Crippen MR) is 108 cm³/mol. The molecule has 1 aromatic heterocycles. The highest BCUT2D eigenvalue weighted by atomic mass is 32.1. The van der Waals surface area contributed by atoms with E-state index < -0.39 is 5.97 Å². The van der Waals surface area contributed by atoms with Crippen molar-refractivity contribution in [3.63, 3.8) is 0 Å². The van der Waals surface area contributed by atoms with E-state index in [9.17, 15) is 9.59 Å². The Balaban J connectivity index is 1.55. The van der Waals surface area contributed by atoms with E-state index in [2.05, 4.69) is 10.3 Å². The molecule has 2 aromatic carbocycles. The minimum atomic E-state index is -0.482. The topological polar surface area (TPSA) is 77.5 Å². The van der Waals surface area contributed by atoms with Crippen LogP contribution in [0.4, 0.5) is 5.69 Å². The van der Waals surface area contributed by atoms with Gasteiger partial charge in [-0.15, -0.1) is 11.3 Å². The van der Waals surface area contributed by atoms with Crippen molar-refractivity contribution in [1.29, 1.82) is 0 Å². The lowest BCUT2D eigenvalue weighted by atomic mass is 10.2. The number of esters is 1. The van der Waals surface area contributed by atoms with Gasteiger partial charge < -0.3 is 14.8 Å². The zero-order valence-corrected chi connectivity index (χ0v) is 16.4. The Hall–Kier alpha value is -3.19. The third-order valence-electron chi connectivity index (χ3n) is 4.01. The molecule has 1 N–H and O–H groups in total. The number of nitrogens with one attached hydrogen (secondary N) is 1. The largest absolute Gasteiger partial charge is 0.496 e. The van der Waals surface area contributed by atoms with E-state index in [1.807, 2.05) is 31.2 Å². The molecule has 1 amide bonds. The van der Waals surface area contributed by atoms with Crippen LogP contribution in [0.15, 0.2) is 53.9 Å². The summed E-state index contributed by atoms with van der Waals surface area (Å²) in [5, 5.41) is 5.33. The first-order valence-corrected chi connectivity index (χ1v) is 9.53. The molecule has 1 heterocycles. The zero-order chi connectivity index (χ0) is 19.9. The van der Waals surface area contributed by atoms with E-state index in [-0.39, 0.29) is 18.9 Å². The van der Waals surface area contributed by atoms with Crippen LogP contribution in [0.3, 0.4) is 0 Å². The van der Waals surface area contributed by atoms with Crippen LogP contribution in [0.5, 0.6) is 5.75 Å². The third-order valence-corrected chi connectivity index (χ3v) is 4.91. The van der Waals surface area contributed by atoms with Crippen LogP contribution in [0, 0.1) is 6.92 Å². The molecule has 28 heavy (non-hydrogen) atoms. The quantitative estimate of drug-likeness (QED) is 0.611. The fraction of sp³-hybridized carbons (Fsp3) is 0.190. The zero-order valence-electron chi connectivity index (χ0n) is 15.6. The van der Waals surface area contributed by atoms with E-state index in [0.29, 0.717) is 22.0 Å². The average molecular weight is 396 g/mol. The summed E-state index contributed by atoms with van der Waals surface area (Å²) in [6.07, 6.45) is 0.166. The molecule has 0 spiro atoms. The van der Waals surface area contributed by atoms with Crippen LogP contribution in [0.1, 0.15) is 26.6 Å². The molecule has 0 fully saturated rings. The Morgan fingerprint density at radius 3 is 2.64 bits per heavy atom. The Morgan fingerprint density at radius 2 is 1.86 bits per heavy atom. The van der Waals surface area contributed by atoms with Gasteiger partial charge in [0.2, 0.25) is 5.91 Å². The van der Waals surface area contributed by atoms with Crippen LogP contribution in [0.25, 0.3) is 0 Å². The fourth-order valence-corrected chi connectivity index (χ4v) is 3.35. The maximum Gasteiger partial charge on any atom is 0.342 e. The smallest absolute Gasteiger partial charge is 0.342 e. The lowest BCUT2D eigenvalue weighted by Crippen LogP contribution is -2.15. The van der Waals surface area contributed by atoms with Crippen molar-refractivity contribution >= 4 is 28.9 Å². The number of para-hydroxylation sites is 2. The summed E-state index contributed by atoms with van der Waals surface area (Å²) in [5.41, 5.74) is 2.75. The number of anilines is 1. The molecule has 0 bridgehead atoms. The number of ether oxygens (including phenoxy) is 2. The van der Waals surface area contributed by atoms with Crippen molar-refractivity contribution in [3.05, 3.63) is 75.7 Å². The van der Waals surface area contributed by atoms with Crippen LogP contribution >= 0.6 is 11.3 Å². The van der Waals surface area contributed by atoms with Gasteiger partial charge in [-0.3, -0.25) is 4.79 Å². The summed E-state index contributed by atoms with van der Waals surface area (Å²) < 4.78 is 10.5. The van der Waals surface area contributed by atoms with Gasteiger partial charge in [0.25, 0.3) is 0 Å². The first-order valence-electron chi connectivity index (χ1n) is 8.65. The maximum absolute atomic E-state index is 12.2. The van der Waals surface area contributed by atoms with Gasteiger partial charge >= 0.3 is 5.97 Å². The number of thiazole rings is 1.